The molecule has 1 heterocycles. The molecule has 0 radical (unpaired) electrons. The lowest BCUT2D eigenvalue weighted by Crippen LogP contribution is -2.46. The van der Waals surface area contributed by atoms with Crippen LogP contribution in [0.4, 0.5) is 0 Å². The van der Waals surface area contributed by atoms with Crippen molar-refractivity contribution in [2.24, 2.45) is 17.1 Å². The predicted molar refractivity (Wildman–Crippen MR) is 73.0 cm³/mol. The Hall–Kier alpha value is -0.120. The zero-order chi connectivity index (χ0) is 12.5. The third-order valence-electron chi connectivity index (χ3n) is 4.68. The van der Waals surface area contributed by atoms with Gasteiger partial charge in [-0.25, -0.2) is 0 Å². The Morgan fingerprint density at radius 1 is 1.41 bits per heavy atom. The SMILES string of the molecule is CN1CCCC(C(C)(C)CNCC2(N)CC2)C1. The van der Waals surface area contributed by atoms with E-state index in [9.17, 15) is 0 Å². The number of hydrogen-bond acceptors (Lipinski definition) is 3. The average molecular weight is 239 g/mol. The molecule has 3 N–H and O–H groups in total. The van der Waals surface area contributed by atoms with Gasteiger partial charge in [-0.1, -0.05) is 13.8 Å². The highest BCUT2D eigenvalue weighted by molar-refractivity contribution is 5.00. The largest absolute Gasteiger partial charge is 0.324 e. The van der Waals surface area contributed by atoms with Crippen molar-refractivity contribution in [1.82, 2.24) is 10.2 Å². The second kappa shape index (κ2) is 4.87. The number of nitrogens with zero attached hydrogens (tertiary/aromatic N) is 1. The van der Waals surface area contributed by atoms with E-state index in [4.69, 9.17) is 5.73 Å². The van der Waals surface area contributed by atoms with Crippen LogP contribution in [0.2, 0.25) is 0 Å². The van der Waals surface area contributed by atoms with Gasteiger partial charge in [0.2, 0.25) is 0 Å². The van der Waals surface area contributed by atoms with Crippen molar-refractivity contribution >= 4 is 0 Å². The van der Waals surface area contributed by atoms with E-state index in [1.54, 1.807) is 0 Å². The summed E-state index contributed by atoms with van der Waals surface area (Å²) in [5.74, 6) is 0.821. The molecule has 1 saturated carbocycles. The number of piperidine rings is 1. The topological polar surface area (TPSA) is 41.3 Å². The van der Waals surface area contributed by atoms with Gasteiger partial charge >= 0.3 is 0 Å². The van der Waals surface area contributed by atoms with Gasteiger partial charge in [0.15, 0.2) is 0 Å². The van der Waals surface area contributed by atoms with E-state index >= 15 is 0 Å². The van der Waals surface area contributed by atoms with E-state index in [0.717, 1.165) is 19.0 Å². The molecule has 0 spiro atoms. The second-order valence-corrected chi connectivity index (χ2v) is 7.06. The van der Waals surface area contributed by atoms with Gasteiger partial charge in [-0.05, 0) is 50.6 Å². The van der Waals surface area contributed by atoms with Crippen molar-refractivity contribution in [2.75, 3.05) is 33.2 Å². The molecule has 0 bridgehead atoms. The van der Waals surface area contributed by atoms with Gasteiger partial charge in [-0.2, -0.15) is 0 Å². The molecule has 2 fully saturated rings. The first kappa shape index (κ1) is 13.3. The van der Waals surface area contributed by atoms with Crippen molar-refractivity contribution in [1.29, 1.82) is 0 Å². The Balaban J connectivity index is 1.76. The Labute approximate surface area is 106 Å². The second-order valence-electron chi connectivity index (χ2n) is 7.06. The van der Waals surface area contributed by atoms with Crippen LogP contribution in [0.5, 0.6) is 0 Å². The fourth-order valence-corrected chi connectivity index (χ4v) is 2.92. The molecule has 17 heavy (non-hydrogen) atoms. The maximum Gasteiger partial charge on any atom is 0.0282 e. The molecule has 0 aromatic rings. The van der Waals surface area contributed by atoms with E-state index < -0.39 is 0 Å². The minimum absolute atomic E-state index is 0.138. The van der Waals surface area contributed by atoms with Crippen molar-refractivity contribution in [3.05, 3.63) is 0 Å². The summed E-state index contributed by atoms with van der Waals surface area (Å²) in [5, 5.41) is 3.60. The fraction of sp³-hybridized carbons (Fsp3) is 1.00. The van der Waals surface area contributed by atoms with Crippen LogP contribution >= 0.6 is 0 Å². The van der Waals surface area contributed by atoms with Crippen LogP contribution in [0.1, 0.15) is 39.5 Å². The highest BCUT2D eigenvalue weighted by Gasteiger charge is 2.38. The third-order valence-corrected chi connectivity index (χ3v) is 4.68. The van der Waals surface area contributed by atoms with Crippen molar-refractivity contribution in [2.45, 2.75) is 45.1 Å². The lowest BCUT2D eigenvalue weighted by atomic mass is 9.74. The number of rotatable bonds is 5. The highest BCUT2D eigenvalue weighted by atomic mass is 15.1. The molecule has 3 heteroatoms. The summed E-state index contributed by atoms with van der Waals surface area (Å²) in [6.07, 6.45) is 5.14. The normalized spacial score (nSPS) is 29.3. The molecule has 1 atom stereocenters. The van der Waals surface area contributed by atoms with Crippen molar-refractivity contribution in [3.63, 3.8) is 0 Å². The van der Waals surface area contributed by atoms with Crippen molar-refractivity contribution < 1.29 is 0 Å². The number of hydrogen-bond donors (Lipinski definition) is 2. The van der Waals surface area contributed by atoms with Crippen LogP contribution in [0.3, 0.4) is 0 Å². The zero-order valence-electron chi connectivity index (χ0n) is 11.8. The minimum Gasteiger partial charge on any atom is -0.324 e. The molecule has 100 valence electrons. The van der Waals surface area contributed by atoms with E-state index in [2.05, 4.69) is 31.1 Å². The van der Waals surface area contributed by atoms with Crippen LogP contribution < -0.4 is 11.1 Å². The third kappa shape index (κ3) is 3.67. The van der Waals surface area contributed by atoms with Crippen LogP contribution in [0, 0.1) is 11.3 Å². The molecular weight excluding hydrogens is 210 g/mol. The molecule has 0 aromatic carbocycles. The van der Waals surface area contributed by atoms with E-state index in [-0.39, 0.29) is 5.54 Å². The number of nitrogens with one attached hydrogen (secondary N) is 1. The quantitative estimate of drug-likeness (QED) is 0.763. The average Bonchev–Trinajstić information content (AvgIpc) is 2.96. The van der Waals surface area contributed by atoms with Crippen LogP contribution in [0.15, 0.2) is 0 Å². The molecule has 1 saturated heterocycles. The van der Waals surface area contributed by atoms with Gasteiger partial charge in [0.1, 0.15) is 0 Å². The van der Waals surface area contributed by atoms with E-state index in [1.807, 2.05) is 0 Å². The molecule has 0 amide bonds. The summed E-state index contributed by atoms with van der Waals surface area (Å²) in [7, 11) is 2.24. The fourth-order valence-electron chi connectivity index (χ4n) is 2.92. The van der Waals surface area contributed by atoms with Gasteiger partial charge in [-0.15, -0.1) is 0 Å². The van der Waals surface area contributed by atoms with Crippen molar-refractivity contribution in [3.8, 4) is 0 Å². The summed E-state index contributed by atoms with van der Waals surface area (Å²) in [5.41, 5.74) is 6.63. The Morgan fingerprint density at radius 2 is 2.12 bits per heavy atom. The highest BCUT2D eigenvalue weighted by Crippen LogP contribution is 2.34. The molecule has 1 aliphatic carbocycles. The number of nitrogens with two attached hydrogens (primary N) is 1. The van der Waals surface area contributed by atoms with Gasteiger partial charge in [0.25, 0.3) is 0 Å². The van der Waals surface area contributed by atoms with Gasteiger partial charge in [-0.3, -0.25) is 0 Å². The molecule has 0 aromatic heterocycles. The standard InChI is InChI=1S/C14H29N3/c1-13(2,10-16-11-14(15)6-7-14)12-5-4-8-17(3)9-12/h12,16H,4-11,15H2,1-3H3. The summed E-state index contributed by atoms with van der Waals surface area (Å²) in [6.45, 7) is 9.43. The van der Waals surface area contributed by atoms with Crippen LogP contribution in [-0.2, 0) is 0 Å². The minimum atomic E-state index is 0.138. The lowest BCUT2D eigenvalue weighted by Gasteiger charge is -2.40. The molecule has 1 unspecified atom stereocenters. The molecule has 2 rings (SSSR count). The molecule has 1 aliphatic heterocycles. The summed E-state index contributed by atoms with van der Waals surface area (Å²) in [4.78, 5) is 2.47. The first-order chi connectivity index (χ1) is 7.91. The van der Waals surface area contributed by atoms with E-state index in [0.29, 0.717) is 5.41 Å². The van der Waals surface area contributed by atoms with Crippen LogP contribution in [-0.4, -0.2) is 43.7 Å². The predicted octanol–water partition coefficient (Wildman–Crippen LogP) is 1.44. The maximum absolute atomic E-state index is 6.11. The summed E-state index contributed by atoms with van der Waals surface area (Å²) < 4.78 is 0. The first-order valence-corrected chi connectivity index (χ1v) is 7.09. The molecular formula is C14H29N3. The molecule has 3 nitrogen and oxygen atoms in total. The first-order valence-electron chi connectivity index (χ1n) is 7.09. The smallest absolute Gasteiger partial charge is 0.0282 e. The number of likely N-dealkylation sites (tertiary alicyclic amines) is 1. The Morgan fingerprint density at radius 3 is 2.71 bits per heavy atom. The Kier molecular flexibility index (Phi) is 3.81. The summed E-state index contributed by atoms with van der Waals surface area (Å²) in [6, 6.07) is 0. The van der Waals surface area contributed by atoms with Gasteiger partial charge in [0.05, 0.1) is 0 Å². The maximum atomic E-state index is 6.11. The van der Waals surface area contributed by atoms with Gasteiger partial charge < -0.3 is 16.0 Å². The lowest BCUT2D eigenvalue weighted by molar-refractivity contribution is 0.102. The van der Waals surface area contributed by atoms with Gasteiger partial charge in [0, 0.05) is 25.2 Å². The zero-order valence-corrected chi connectivity index (χ0v) is 11.8. The molecule has 2 aliphatic rings. The Bertz CT molecular complexity index is 258. The van der Waals surface area contributed by atoms with Crippen LogP contribution in [0.25, 0.3) is 0 Å². The monoisotopic (exact) mass is 239 g/mol. The summed E-state index contributed by atoms with van der Waals surface area (Å²) >= 11 is 0. The van der Waals surface area contributed by atoms with E-state index in [1.165, 1.54) is 38.8 Å².